The number of phenolic OH excluding ortho intramolecular Hbond substituents is 1. The molecule has 1 aliphatic heterocycles. The average Bonchev–Trinajstić information content (AvgIpc) is 2.78. The number of likely N-dealkylation sites (N-methyl/N-ethyl adjacent to an activating group) is 1. The number of ketones is 2. The van der Waals surface area contributed by atoms with Crippen molar-refractivity contribution in [3.63, 3.8) is 0 Å². The lowest BCUT2D eigenvalue weighted by atomic mass is 9.83. The Kier molecular flexibility index (Phi) is 8.17. The minimum absolute atomic E-state index is 0.0759. The van der Waals surface area contributed by atoms with Crippen LogP contribution in [-0.4, -0.2) is 68.0 Å². The molecule has 1 saturated heterocycles. The average molecular weight is 490 g/mol. The molecular weight excluding hydrogens is 462 g/mol. The van der Waals surface area contributed by atoms with Crippen molar-refractivity contribution in [1.29, 1.82) is 0 Å². The molecule has 1 aliphatic rings. The third-order valence-electron chi connectivity index (χ3n) is 5.93. The van der Waals surface area contributed by atoms with Gasteiger partial charge in [0, 0.05) is 36.6 Å². The number of aromatic hydroxyl groups is 1. The van der Waals surface area contributed by atoms with Gasteiger partial charge in [-0.15, -0.1) is 0 Å². The Morgan fingerprint density at radius 3 is 2.41 bits per heavy atom. The van der Waals surface area contributed by atoms with Crippen molar-refractivity contribution < 1.29 is 33.7 Å². The van der Waals surface area contributed by atoms with Crippen LogP contribution in [0.5, 0.6) is 17.2 Å². The number of carbonyl (C=O) groups excluding carboxylic acids is 3. The third-order valence-corrected chi connectivity index (χ3v) is 6.26. The number of piperidine rings is 1. The first kappa shape index (κ1) is 25.5. The maximum Gasteiger partial charge on any atom is 0.302 e. The summed E-state index contributed by atoms with van der Waals surface area (Å²) in [4.78, 5) is 39.8. The Labute approximate surface area is 203 Å². The van der Waals surface area contributed by atoms with Gasteiger partial charge in [0.25, 0.3) is 0 Å². The largest absolute Gasteiger partial charge is 0.507 e. The van der Waals surface area contributed by atoms with E-state index in [1.165, 1.54) is 33.3 Å². The molecule has 0 saturated carbocycles. The molecule has 34 heavy (non-hydrogen) atoms. The highest BCUT2D eigenvalue weighted by Gasteiger charge is 2.37. The van der Waals surface area contributed by atoms with Crippen molar-refractivity contribution in [1.82, 2.24) is 4.90 Å². The van der Waals surface area contributed by atoms with Crippen LogP contribution in [0.4, 0.5) is 0 Å². The first-order chi connectivity index (χ1) is 16.2. The summed E-state index contributed by atoms with van der Waals surface area (Å²) in [5, 5.41) is 11.6. The van der Waals surface area contributed by atoms with Gasteiger partial charge in [0.1, 0.15) is 28.9 Å². The molecule has 2 atom stereocenters. The Morgan fingerprint density at radius 1 is 1.12 bits per heavy atom. The van der Waals surface area contributed by atoms with Gasteiger partial charge in [-0.1, -0.05) is 23.7 Å². The lowest BCUT2D eigenvalue weighted by Crippen LogP contribution is -2.43. The van der Waals surface area contributed by atoms with Gasteiger partial charge in [-0.05, 0) is 32.1 Å². The SMILES string of the molecule is COc1cc(OC)c([C@H]2CCN(C)C[C@H]2OC(C)=O)c(O)c1C(=O)CC(=O)c1ccccc1Cl. The number of nitrogens with zero attached hydrogens (tertiary/aromatic N) is 1. The van der Waals surface area contributed by atoms with E-state index in [4.69, 9.17) is 25.8 Å². The number of methoxy groups -OCH3 is 2. The first-order valence-corrected chi connectivity index (χ1v) is 11.2. The minimum Gasteiger partial charge on any atom is -0.507 e. The molecule has 0 amide bonds. The highest BCUT2D eigenvalue weighted by atomic mass is 35.5. The molecule has 0 unspecified atom stereocenters. The zero-order chi connectivity index (χ0) is 25.0. The standard InChI is InChI=1S/C25H28ClNO7/c1-14(28)34-22-13-27(2)10-9-16(22)23-20(32-3)12-21(33-4)24(25(23)31)19(30)11-18(29)15-7-5-6-8-17(15)26/h5-8,12,16,22,31H,9-11,13H2,1-4H3/t16-,22+/m0/s1. The number of hydrogen-bond acceptors (Lipinski definition) is 8. The summed E-state index contributed by atoms with van der Waals surface area (Å²) in [5.74, 6) is -1.95. The number of likely N-dealkylation sites (tertiary alicyclic amines) is 1. The molecule has 1 fully saturated rings. The second-order valence-electron chi connectivity index (χ2n) is 8.23. The molecule has 0 spiro atoms. The number of halogens is 1. The van der Waals surface area contributed by atoms with Crippen molar-refractivity contribution in [2.24, 2.45) is 0 Å². The quantitative estimate of drug-likeness (QED) is 0.338. The summed E-state index contributed by atoms with van der Waals surface area (Å²) in [6.45, 7) is 2.46. The highest BCUT2D eigenvalue weighted by Crippen LogP contribution is 2.46. The van der Waals surface area contributed by atoms with Crippen LogP contribution >= 0.6 is 11.6 Å². The molecule has 0 bridgehead atoms. The van der Waals surface area contributed by atoms with E-state index >= 15 is 0 Å². The van der Waals surface area contributed by atoms with Gasteiger partial charge >= 0.3 is 5.97 Å². The molecule has 9 heteroatoms. The summed E-state index contributed by atoms with van der Waals surface area (Å²) in [5.41, 5.74) is 0.436. The molecule has 0 aliphatic carbocycles. The monoisotopic (exact) mass is 489 g/mol. The van der Waals surface area contributed by atoms with Crippen LogP contribution in [0.2, 0.25) is 5.02 Å². The van der Waals surface area contributed by atoms with E-state index in [2.05, 4.69) is 0 Å². The second kappa shape index (κ2) is 10.9. The van der Waals surface area contributed by atoms with E-state index in [1.807, 2.05) is 11.9 Å². The topological polar surface area (TPSA) is 102 Å². The summed E-state index contributed by atoms with van der Waals surface area (Å²) < 4.78 is 16.4. The molecule has 8 nitrogen and oxygen atoms in total. The van der Waals surface area contributed by atoms with Gasteiger partial charge < -0.3 is 24.2 Å². The van der Waals surface area contributed by atoms with E-state index in [9.17, 15) is 19.5 Å². The number of carbonyl (C=O) groups is 3. The molecule has 1 N–H and O–H groups in total. The third kappa shape index (κ3) is 5.34. The predicted octanol–water partition coefficient (Wildman–Crippen LogP) is 3.87. The fourth-order valence-electron chi connectivity index (χ4n) is 4.35. The molecule has 3 rings (SSSR count). The number of Topliss-reactive ketones (excluding diaryl/α,β-unsaturated/α-hetero) is 2. The van der Waals surface area contributed by atoms with E-state index in [0.29, 0.717) is 30.8 Å². The fraction of sp³-hybridized carbons (Fsp3) is 0.400. The van der Waals surface area contributed by atoms with E-state index in [1.54, 1.807) is 18.2 Å². The van der Waals surface area contributed by atoms with Crippen molar-refractivity contribution in [3.8, 4) is 17.2 Å². The molecule has 0 aromatic heterocycles. The van der Waals surface area contributed by atoms with Crippen molar-refractivity contribution in [3.05, 3.63) is 52.0 Å². The van der Waals surface area contributed by atoms with Gasteiger partial charge in [-0.2, -0.15) is 0 Å². The Hall–Kier alpha value is -3.10. The minimum atomic E-state index is -0.625. The Bertz CT molecular complexity index is 1100. The van der Waals surface area contributed by atoms with Crippen LogP contribution in [0.25, 0.3) is 0 Å². The Balaban J connectivity index is 2.05. The maximum absolute atomic E-state index is 13.2. The Morgan fingerprint density at radius 2 is 1.79 bits per heavy atom. The fourth-order valence-corrected chi connectivity index (χ4v) is 4.59. The maximum atomic E-state index is 13.2. The number of esters is 1. The molecule has 2 aromatic rings. The van der Waals surface area contributed by atoms with Crippen molar-refractivity contribution in [2.75, 3.05) is 34.4 Å². The molecule has 2 aromatic carbocycles. The van der Waals surface area contributed by atoms with Crippen LogP contribution in [0, 0.1) is 0 Å². The normalized spacial score (nSPS) is 18.3. The van der Waals surface area contributed by atoms with Gasteiger partial charge in [0.05, 0.1) is 25.7 Å². The van der Waals surface area contributed by atoms with Crippen molar-refractivity contribution in [2.45, 2.75) is 31.8 Å². The van der Waals surface area contributed by atoms with Crippen LogP contribution < -0.4 is 9.47 Å². The van der Waals surface area contributed by atoms with Crippen molar-refractivity contribution >= 4 is 29.1 Å². The lowest BCUT2D eigenvalue weighted by Gasteiger charge is -2.37. The summed E-state index contributed by atoms with van der Waals surface area (Å²) in [6.07, 6.45) is -0.519. The number of ether oxygens (including phenoxy) is 3. The summed E-state index contributed by atoms with van der Waals surface area (Å²) >= 11 is 6.11. The van der Waals surface area contributed by atoms with Gasteiger partial charge in [-0.25, -0.2) is 0 Å². The van der Waals surface area contributed by atoms with Gasteiger partial charge in [-0.3, -0.25) is 14.4 Å². The highest BCUT2D eigenvalue weighted by molar-refractivity contribution is 6.34. The number of hydrogen-bond donors (Lipinski definition) is 1. The van der Waals surface area contributed by atoms with Crippen LogP contribution in [0.1, 0.15) is 52.0 Å². The smallest absolute Gasteiger partial charge is 0.302 e. The van der Waals surface area contributed by atoms with Gasteiger partial charge in [0.15, 0.2) is 11.6 Å². The molecule has 1 heterocycles. The van der Waals surface area contributed by atoms with Crippen LogP contribution in [-0.2, 0) is 9.53 Å². The van der Waals surface area contributed by atoms with Gasteiger partial charge in [0.2, 0.25) is 0 Å². The molecule has 0 radical (unpaired) electrons. The zero-order valence-electron chi connectivity index (χ0n) is 19.6. The lowest BCUT2D eigenvalue weighted by molar-refractivity contribution is -0.149. The predicted molar refractivity (Wildman–Crippen MR) is 126 cm³/mol. The number of rotatable bonds is 8. The second-order valence-corrected chi connectivity index (χ2v) is 8.63. The zero-order valence-corrected chi connectivity index (χ0v) is 20.3. The van der Waals surface area contributed by atoms with E-state index in [-0.39, 0.29) is 27.6 Å². The molecule has 182 valence electrons. The van der Waals surface area contributed by atoms with E-state index < -0.39 is 36.0 Å². The van der Waals surface area contributed by atoms with Crippen LogP contribution in [0.15, 0.2) is 30.3 Å². The molecular formula is C25H28ClNO7. The van der Waals surface area contributed by atoms with E-state index in [0.717, 1.165) is 0 Å². The van der Waals surface area contributed by atoms with Crippen LogP contribution in [0.3, 0.4) is 0 Å². The summed E-state index contributed by atoms with van der Waals surface area (Å²) in [6, 6.07) is 7.95. The summed E-state index contributed by atoms with van der Waals surface area (Å²) in [7, 11) is 4.71. The first-order valence-electron chi connectivity index (χ1n) is 10.8. The number of phenols is 1. The number of benzene rings is 2.